The van der Waals surface area contributed by atoms with Gasteiger partial charge in [0.2, 0.25) is 0 Å². The summed E-state index contributed by atoms with van der Waals surface area (Å²) in [5, 5.41) is 8.92. The number of furan rings is 1. The predicted molar refractivity (Wildman–Crippen MR) is 70.8 cm³/mol. The second-order valence-corrected chi connectivity index (χ2v) is 4.37. The minimum atomic E-state index is -1.05. The zero-order valence-corrected chi connectivity index (χ0v) is 11.0. The van der Waals surface area contributed by atoms with Gasteiger partial charge in [-0.05, 0) is 30.7 Å². The molecule has 104 valence electrons. The van der Waals surface area contributed by atoms with Gasteiger partial charge in [0.1, 0.15) is 23.7 Å². The number of carbonyl (C=O) groups is 2. The third-order valence-corrected chi connectivity index (χ3v) is 2.72. The summed E-state index contributed by atoms with van der Waals surface area (Å²) in [5.41, 5.74) is 1.01. The van der Waals surface area contributed by atoms with E-state index in [1.54, 1.807) is 24.3 Å². The van der Waals surface area contributed by atoms with E-state index in [2.05, 4.69) is 0 Å². The zero-order chi connectivity index (χ0) is 14.5. The van der Waals surface area contributed by atoms with Gasteiger partial charge < -0.3 is 14.3 Å². The number of ether oxygens (including phenoxy) is 1. The first-order valence-electron chi connectivity index (χ1n) is 6.07. The van der Waals surface area contributed by atoms with E-state index >= 15 is 0 Å². The molecule has 20 heavy (non-hydrogen) atoms. The smallest absolute Gasteiger partial charge is 0.339 e. The quantitative estimate of drug-likeness (QED) is 0.876. The molecule has 1 heterocycles. The lowest BCUT2D eigenvalue weighted by Crippen LogP contribution is -2.02. The number of hydrogen-bond acceptors (Lipinski definition) is 4. The molecule has 0 fully saturated rings. The maximum atomic E-state index is 11.0. The van der Waals surface area contributed by atoms with Crippen molar-refractivity contribution in [3.63, 3.8) is 0 Å². The van der Waals surface area contributed by atoms with Gasteiger partial charge in [0.05, 0.1) is 6.26 Å². The molecule has 0 unspecified atom stereocenters. The number of ketones is 1. The van der Waals surface area contributed by atoms with Crippen molar-refractivity contribution in [2.24, 2.45) is 0 Å². The highest BCUT2D eigenvalue weighted by Gasteiger charge is 2.13. The van der Waals surface area contributed by atoms with Gasteiger partial charge in [-0.1, -0.05) is 12.1 Å². The minimum absolute atomic E-state index is 0.0423. The topological polar surface area (TPSA) is 76.7 Å². The van der Waals surface area contributed by atoms with Crippen molar-refractivity contribution < 1.29 is 23.8 Å². The molecule has 0 aliphatic heterocycles. The SMILES string of the molecule is CC(=O)Cc1ccc(OCc2occc2C(=O)O)cc1. The molecule has 1 N–H and O–H groups in total. The first-order valence-corrected chi connectivity index (χ1v) is 6.07. The average molecular weight is 274 g/mol. The largest absolute Gasteiger partial charge is 0.486 e. The Kier molecular flexibility index (Phi) is 4.20. The van der Waals surface area contributed by atoms with Crippen LogP contribution in [0.25, 0.3) is 0 Å². The summed E-state index contributed by atoms with van der Waals surface area (Å²) < 4.78 is 10.5. The van der Waals surface area contributed by atoms with Crippen LogP contribution in [0.2, 0.25) is 0 Å². The summed E-state index contributed by atoms with van der Waals surface area (Å²) in [4.78, 5) is 21.9. The molecule has 0 amide bonds. The van der Waals surface area contributed by atoms with Crippen molar-refractivity contribution in [2.45, 2.75) is 20.0 Å². The van der Waals surface area contributed by atoms with Crippen LogP contribution in [-0.2, 0) is 17.8 Å². The fourth-order valence-electron chi connectivity index (χ4n) is 1.78. The van der Waals surface area contributed by atoms with Crippen molar-refractivity contribution in [2.75, 3.05) is 0 Å². The third-order valence-electron chi connectivity index (χ3n) is 2.72. The number of Topliss-reactive ketones (excluding diaryl/α,β-unsaturated/α-hetero) is 1. The van der Waals surface area contributed by atoms with Crippen molar-refractivity contribution >= 4 is 11.8 Å². The number of aromatic carboxylic acids is 1. The zero-order valence-electron chi connectivity index (χ0n) is 11.0. The van der Waals surface area contributed by atoms with Gasteiger partial charge in [0.25, 0.3) is 0 Å². The van der Waals surface area contributed by atoms with Crippen LogP contribution >= 0.6 is 0 Å². The molecule has 0 bridgehead atoms. The van der Waals surface area contributed by atoms with Crippen LogP contribution in [0.4, 0.5) is 0 Å². The molecule has 2 rings (SSSR count). The molecule has 0 radical (unpaired) electrons. The average Bonchev–Trinajstić information content (AvgIpc) is 2.86. The van der Waals surface area contributed by atoms with Crippen molar-refractivity contribution in [1.82, 2.24) is 0 Å². The molecule has 0 aliphatic rings. The van der Waals surface area contributed by atoms with Crippen LogP contribution in [0.1, 0.15) is 28.6 Å². The van der Waals surface area contributed by atoms with E-state index in [9.17, 15) is 9.59 Å². The Morgan fingerprint density at radius 2 is 1.90 bits per heavy atom. The van der Waals surface area contributed by atoms with E-state index in [1.165, 1.54) is 19.3 Å². The lowest BCUT2D eigenvalue weighted by Gasteiger charge is -2.06. The van der Waals surface area contributed by atoms with Gasteiger partial charge in [-0.3, -0.25) is 4.79 Å². The molecule has 0 spiro atoms. The summed E-state index contributed by atoms with van der Waals surface area (Å²) >= 11 is 0. The summed E-state index contributed by atoms with van der Waals surface area (Å²) in [6.45, 7) is 1.58. The molecular formula is C15H14O5. The normalized spacial score (nSPS) is 10.2. The van der Waals surface area contributed by atoms with E-state index in [4.69, 9.17) is 14.3 Å². The van der Waals surface area contributed by atoms with E-state index < -0.39 is 5.97 Å². The first kappa shape index (κ1) is 13.9. The number of carbonyl (C=O) groups excluding carboxylic acids is 1. The Morgan fingerprint density at radius 1 is 1.20 bits per heavy atom. The molecule has 1 aromatic carbocycles. The third kappa shape index (κ3) is 3.47. The van der Waals surface area contributed by atoms with E-state index in [0.717, 1.165) is 5.56 Å². The molecule has 0 saturated carbocycles. The number of hydrogen-bond donors (Lipinski definition) is 1. The molecule has 5 heteroatoms. The van der Waals surface area contributed by atoms with E-state index in [-0.39, 0.29) is 23.7 Å². The van der Waals surface area contributed by atoms with Gasteiger partial charge in [-0.25, -0.2) is 4.79 Å². The summed E-state index contributed by atoms with van der Waals surface area (Å²) in [6.07, 6.45) is 1.71. The molecule has 0 atom stereocenters. The number of benzene rings is 1. The maximum Gasteiger partial charge on any atom is 0.339 e. The van der Waals surface area contributed by atoms with E-state index in [0.29, 0.717) is 12.2 Å². The molecule has 2 aromatic rings. The summed E-state index contributed by atoms with van der Waals surface area (Å²) in [7, 11) is 0. The molecular weight excluding hydrogens is 260 g/mol. The molecule has 1 aromatic heterocycles. The van der Waals surface area contributed by atoms with Crippen LogP contribution in [0.5, 0.6) is 5.75 Å². The van der Waals surface area contributed by atoms with Gasteiger partial charge in [0.15, 0.2) is 5.76 Å². The van der Waals surface area contributed by atoms with Gasteiger partial charge in [-0.15, -0.1) is 0 Å². The number of carboxylic acids is 1. The lowest BCUT2D eigenvalue weighted by atomic mass is 10.1. The minimum Gasteiger partial charge on any atom is -0.486 e. The van der Waals surface area contributed by atoms with E-state index in [1.807, 2.05) is 0 Å². The van der Waals surface area contributed by atoms with Crippen molar-refractivity contribution in [1.29, 1.82) is 0 Å². The first-order chi connectivity index (χ1) is 9.56. The van der Waals surface area contributed by atoms with Gasteiger partial charge >= 0.3 is 5.97 Å². The van der Waals surface area contributed by atoms with Crippen LogP contribution in [0.3, 0.4) is 0 Å². The molecule has 0 saturated heterocycles. The van der Waals surface area contributed by atoms with Crippen LogP contribution in [-0.4, -0.2) is 16.9 Å². The summed E-state index contributed by atoms with van der Waals surface area (Å²) in [6, 6.07) is 8.47. The lowest BCUT2D eigenvalue weighted by molar-refractivity contribution is -0.116. The monoisotopic (exact) mass is 274 g/mol. The highest BCUT2D eigenvalue weighted by Crippen LogP contribution is 2.17. The van der Waals surface area contributed by atoms with Crippen molar-refractivity contribution in [3.05, 3.63) is 53.5 Å². The fraction of sp³-hybridized carbons (Fsp3) is 0.200. The van der Waals surface area contributed by atoms with Gasteiger partial charge in [-0.2, -0.15) is 0 Å². The molecule has 0 aliphatic carbocycles. The van der Waals surface area contributed by atoms with Crippen LogP contribution < -0.4 is 4.74 Å². The highest BCUT2D eigenvalue weighted by molar-refractivity contribution is 5.88. The second-order valence-electron chi connectivity index (χ2n) is 4.37. The van der Waals surface area contributed by atoms with Crippen molar-refractivity contribution in [3.8, 4) is 5.75 Å². The Labute approximate surface area is 115 Å². The second kappa shape index (κ2) is 6.06. The fourth-order valence-corrected chi connectivity index (χ4v) is 1.78. The number of rotatable bonds is 6. The highest BCUT2D eigenvalue weighted by atomic mass is 16.5. The summed E-state index contributed by atoms with van der Waals surface area (Å²) in [5.74, 6) is -0.0927. The Hall–Kier alpha value is -2.56. The van der Waals surface area contributed by atoms with Crippen LogP contribution in [0, 0.1) is 0 Å². The Morgan fingerprint density at radius 3 is 2.50 bits per heavy atom. The van der Waals surface area contributed by atoms with Crippen LogP contribution in [0.15, 0.2) is 41.0 Å². The van der Waals surface area contributed by atoms with Gasteiger partial charge in [0, 0.05) is 6.42 Å². The predicted octanol–water partition coefficient (Wildman–Crippen LogP) is 2.69. The number of carboxylic acid groups (broad SMARTS) is 1. The maximum absolute atomic E-state index is 11.0. The Bertz CT molecular complexity index is 609. The standard InChI is InChI=1S/C15H14O5/c1-10(16)8-11-2-4-12(5-3-11)20-9-14-13(15(17)18)6-7-19-14/h2-7H,8-9H2,1H3,(H,17,18). The Balaban J connectivity index is 1.98. The molecule has 5 nitrogen and oxygen atoms in total.